The molecule has 0 aliphatic heterocycles. The summed E-state index contributed by atoms with van der Waals surface area (Å²) in [5.74, 6) is -0.929. The Labute approximate surface area is 194 Å². The van der Waals surface area contributed by atoms with Gasteiger partial charge in [0.1, 0.15) is 0 Å². The Hall–Kier alpha value is -2.92. The molecular weight excluding hydrogens is 418 g/mol. The predicted octanol–water partition coefficient (Wildman–Crippen LogP) is 6.63. The molecule has 0 amide bonds. The highest BCUT2D eigenvalue weighted by molar-refractivity contribution is 7.99. The Balaban J connectivity index is 1.71. The summed E-state index contributed by atoms with van der Waals surface area (Å²) in [7, 11) is 0. The summed E-state index contributed by atoms with van der Waals surface area (Å²) in [4.78, 5) is 31.6. The van der Waals surface area contributed by atoms with E-state index in [-0.39, 0.29) is 11.7 Å². The van der Waals surface area contributed by atoms with Crippen molar-refractivity contribution in [3.8, 4) is 0 Å². The number of Topliss-reactive ketones (excluding diaryl/α,β-unsaturated/α-hetero) is 1. The fourth-order valence-corrected chi connectivity index (χ4v) is 4.74. The van der Waals surface area contributed by atoms with E-state index in [4.69, 9.17) is 0 Å². The van der Waals surface area contributed by atoms with Gasteiger partial charge < -0.3 is 5.11 Å². The molecule has 4 nitrogen and oxygen atoms in total. The second-order valence-electron chi connectivity index (χ2n) is 7.87. The summed E-state index contributed by atoms with van der Waals surface area (Å²) >= 11 is 1.60. The maximum Gasteiger partial charge on any atom is 0.335 e. The van der Waals surface area contributed by atoms with Crippen LogP contribution in [0.25, 0.3) is 0 Å². The van der Waals surface area contributed by atoms with Crippen molar-refractivity contribution in [1.82, 2.24) is 0 Å². The fraction of sp³-hybridized carbons (Fsp3) is 0.296. The molecule has 0 heterocycles. The van der Waals surface area contributed by atoms with Crippen LogP contribution in [-0.2, 0) is 4.79 Å². The summed E-state index contributed by atoms with van der Waals surface area (Å²) < 4.78 is 0. The number of carbonyl (C=O) groups is 2. The van der Waals surface area contributed by atoms with E-state index in [1.165, 1.54) is 0 Å². The van der Waals surface area contributed by atoms with Gasteiger partial charge in [0.15, 0.2) is 11.3 Å². The van der Waals surface area contributed by atoms with Gasteiger partial charge in [0, 0.05) is 33.9 Å². The molecule has 1 aliphatic carbocycles. The van der Waals surface area contributed by atoms with E-state index in [1.54, 1.807) is 30.1 Å². The first-order chi connectivity index (χ1) is 15.6. The molecule has 0 saturated carbocycles. The molecule has 2 unspecified atom stereocenters. The summed E-state index contributed by atoms with van der Waals surface area (Å²) in [5, 5.41) is 9.61. The Bertz CT molecular complexity index is 1010. The molecule has 1 N–H and O–H groups in total. The van der Waals surface area contributed by atoms with Gasteiger partial charge in [0.25, 0.3) is 0 Å². The van der Waals surface area contributed by atoms with Crippen molar-refractivity contribution >= 4 is 29.7 Å². The highest BCUT2D eigenvalue weighted by Gasteiger charge is 2.34. The molecule has 2 atom stereocenters. The van der Waals surface area contributed by atoms with Crippen molar-refractivity contribution in [2.45, 2.75) is 54.4 Å². The number of carboxylic acid groups (broad SMARTS) is 1. The van der Waals surface area contributed by atoms with E-state index in [2.05, 4.69) is 11.9 Å². The number of allylic oxidation sites excluding steroid dienone is 2. The number of rotatable bonds is 11. The van der Waals surface area contributed by atoms with Crippen molar-refractivity contribution in [1.29, 1.82) is 0 Å². The number of carboxylic acids is 1. The monoisotopic (exact) mass is 447 g/mol. The van der Waals surface area contributed by atoms with Crippen LogP contribution in [0.2, 0.25) is 0 Å². The number of ketones is 1. The van der Waals surface area contributed by atoms with Gasteiger partial charge in [-0.3, -0.25) is 9.79 Å². The molecule has 0 bridgehead atoms. The lowest BCUT2D eigenvalue weighted by Gasteiger charge is -2.22. The van der Waals surface area contributed by atoms with Gasteiger partial charge >= 0.3 is 5.97 Å². The number of hydrogen-bond acceptors (Lipinski definition) is 4. The molecule has 3 rings (SSSR count). The molecule has 0 spiro atoms. The van der Waals surface area contributed by atoms with Gasteiger partial charge in [0.2, 0.25) is 0 Å². The Kier molecular flexibility index (Phi) is 8.63. The van der Waals surface area contributed by atoms with Crippen molar-refractivity contribution in [3.05, 3.63) is 84.5 Å². The zero-order chi connectivity index (χ0) is 22.8. The van der Waals surface area contributed by atoms with Gasteiger partial charge in [0.05, 0.1) is 0 Å². The number of aliphatic imine (C=N–C) groups is 1. The average Bonchev–Trinajstić information content (AvgIpc) is 2.82. The number of benzene rings is 2. The highest BCUT2D eigenvalue weighted by Crippen LogP contribution is 2.33. The van der Waals surface area contributed by atoms with E-state index < -0.39 is 11.5 Å². The third kappa shape index (κ3) is 6.07. The molecule has 2 aromatic carbocycles. The van der Waals surface area contributed by atoms with E-state index >= 15 is 0 Å². The Morgan fingerprint density at radius 2 is 1.84 bits per heavy atom. The van der Waals surface area contributed by atoms with Crippen LogP contribution in [0.3, 0.4) is 0 Å². The quantitative estimate of drug-likeness (QED) is 0.310. The molecule has 1 aliphatic rings. The molecule has 32 heavy (non-hydrogen) atoms. The van der Waals surface area contributed by atoms with Crippen LogP contribution in [-0.4, -0.2) is 28.6 Å². The summed E-state index contributed by atoms with van der Waals surface area (Å²) in [5.41, 5.74) is -0.475. The van der Waals surface area contributed by atoms with Gasteiger partial charge in [-0.2, -0.15) is 0 Å². The van der Waals surface area contributed by atoms with Crippen molar-refractivity contribution in [3.63, 3.8) is 0 Å². The van der Waals surface area contributed by atoms with Crippen molar-refractivity contribution in [2.75, 3.05) is 0 Å². The standard InChI is InChI=1S/C27H29NO3S/c1-2-12-21(13-11-20-28-27(26(30)31)18-9-4-10-19-27)25(29)23-16-7-8-17-24(23)32-22-14-5-3-6-15-22/h3-10,14-18,20-21H,2,11-13,19H2,1H3,(H,30,31). The van der Waals surface area contributed by atoms with Crippen molar-refractivity contribution in [2.24, 2.45) is 10.9 Å². The van der Waals surface area contributed by atoms with Crippen LogP contribution in [0.15, 0.2) is 93.7 Å². The minimum absolute atomic E-state index is 0.119. The fourth-order valence-electron chi connectivity index (χ4n) is 3.77. The Morgan fingerprint density at radius 1 is 1.09 bits per heavy atom. The van der Waals surface area contributed by atoms with Crippen LogP contribution in [0.4, 0.5) is 0 Å². The second kappa shape index (κ2) is 11.6. The first-order valence-corrected chi connectivity index (χ1v) is 11.8. The number of carbonyl (C=O) groups excluding carboxylic acids is 1. The maximum atomic E-state index is 13.4. The van der Waals surface area contributed by atoms with Crippen LogP contribution in [0.5, 0.6) is 0 Å². The topological polar surface area (TPSA) is 66.7 Å². The SMILES string of the molecule is CCCC(CCC=NC1(C(=O)O)C=CC=CC1)C(=O)c1ccccc1Sc1ccccc1. The molecule has 166 valence electrons. The largest absolute Gasteiger partial charge is 0.479 e. The smallest absolute Gasteiger partial charge is 0.335 e. The predicted molar refractivity (Wildman–Crippen MR) is 131 cm³/mol. The van der Waals surface area contributed by atoms with Crippen LogP contribution in [0.1, 0.15) is 49.4 Å². The van der Waals surface area contributed by atoms with E-state index in [9.17, 15) is 14.7 Å². The molecule has 5 heteroatoms. The van der Waals surface area contributed by atoms with Gasteiger partial charge in [-0.05, 0) is 43.5 Å². The number of nitrogens with zero attached hydrogens (tertiary/aromatic N) is 1. The first kappa shape index (κ1) is 23.7. The van der Waals surface area contributed by atoms with Crippen LogP contribution in [0, 0.1) is 5.92 Å². The minimum Gasteiger partial charge on any atom is -0.479 e. The molecular formula is C27H29NO3S. The third-order valence-corrected chi connectivity index (χ3v) is 6.60. The van der Waals surface area contributed by atoms with Gasteiger partial charge in [-0.1, -0.05) is 79.7 Å². The third-order valence-electron chi connectivity index (χ3n) is 5.52. The molecule has 0 aromatic heterocycles. The van der Waals surface area contributed by atoms with Crippen molar-refractivity contribution < 1.29 is 14.7 Å². The van der Waals surface area contributed by atoms with Crippen LogP contribution >= 0.6 is 11.8 Å². The number of aliphatic carboxylic acids is 1. The molecule has 0 saturated heterocycles. The van der Waals surface area contributed by atoms with E-state index in [0.717, 1.165) is 28.2 Å². The lowest BCUT2D eigenvalue weighted by atomic mass is 9.89. The molecule has 2 aromatic rings. The lowest BCUT2D eigenvalue weighted by Crippen LogP contribution is -2.35. The summed E-state index contributed by atoms with van der Waals surface area (Å²) in [6.07, 6.45) is 11.9. The Morgan fingerprint density at radius 3 is 2.53 bits per heavy atom. The zero-order valence-corrected chi connectivity index (χ0v) is 19.1. The van der Waals surface area contributed by atoms with Gasteiger partial charge in [-0.15, -0.1) is 0 Å². The van der Waals surface area contributed by atoms with Crippen LogP contribution < -0.4 is 0 Å². The first-order valence-electron chi connectivity index (χ1n) is 11.0. The summed E-state index contributed by atoms with van der Waals surface area (Å²) in [6, 6.07) is 17.8. The number of hydrogen-bond donors (Lipinski definition) is 1. The minimum atomic E-state index is -1.22. The lowest BCUT2D eigenvalue weighted by molar-refractivity contribution is -0.141. The maximum absolute atomic E-state index is 13.4. The second-order valence-corrected chi connectivity index (χ2v) is 8.99. The average molecular weight is 448 g/mol. The van der Waals surface area contributed by atoms with E-state index in [0.29, 0.717) is 19.3 Å². The highest BCUT2D eigenvalue weighted by atomic mass is 32.2. The van der Waals surface area contributed by atoms with Gasteiger partial charge in [-0.25, -0.2) is 4.79 Å². The molecule has 0 fully saturated rings. The summed E-state index contributed by atoms with van der Waals surface area (Å²) in [6.45, 7) is 2.08. The molecule has 0 radical (unpaired) electrons. The van der Waals surface area contributed by atoms with E-state index in [1.807, 2.05) is 66.7 Å². The zero-order valence-electron chi connectivity index (χ0n) is 18.3. The normalized spacial score (nSPS) is 18.7.